The van der Waals surface area contributed by atoms with Gasteiger partial charge in [-0.15, -0.1) is 12.4 Å². The molecule has 0 atom stereocenters. The molecule has 0 fully saturated rings. The molecule has 0 aliphatic carbocycles. The number of para-hydroxylation sites is 1. The van der Waals surface area contributed by atoms with Crippen LogP contribution in [-0.2, 0) is 0 Å². The number of methoxy groups -OCH3 is 2. The average Bonchev–Trinajstić information content (AvgIpc) is 2.39. The van der Waals surface area contributed by atoms with Gasteiger partial charge in [-0.3, -0.25) is 0 Å². The Hall–Kier alpha value is -1.87. The molecule has 2 N–H and O–H groups in total. The Labute approximate surface area is 113 Å². The highest BCUT2D eigenvalue weighted by Crippen LogP contribution is 2.34. The van der Waals surface area contributed by atoms with Crippen LogP contribution in [0.4, 0.5) is 5.69 Å². The van der Waals surface area contributed by atoms with Crippen LogP contribution in [0.25, 0.3) is 11.1 Å². The highest BCUT2D eigenvalue weighted by atomic mass is 35.5. The quantitative estimate of drug-likeness (QED) is 0.866. The van der Waals surface area contributed by atoms with Crippen LogP contribution in [0, 0.1) is 0 Å². The molecule has 3 nitrogen and oxygen atoms in total. The number of benzene rings is 2. The first kappa shape index (κ1) is 14.2. The molecule has 0 saturated heterocycles. The molecule has 4 heteroatoms. The zero-order valence-corrected chi connectivity index (χ0v) is 11.2. The zero-order valence-electron chi connectivity index (χ0n) is 10.3. The second kappa shape index (κ2) is 6.17. The van der Waals surface area contributed by atoms with Crippen molar-refractivity contribution >= 4 is 18.1 Å². The van der Waals surface area contributed by atoms with Crippen molar-refractivity contribution in [1.82, 2.24) is 0 Å². The van der Waals surface area contributed by atoms with Gasteiger partial charge in [0.15, 0.2) is 0 Å². The summed E-state index contributed by atoms with van der Waals surface area (Å²) in [5.74, 6) is 1.50. The van der Waals surface area contributed by atoms with Gasteiger partial charge in [-0.1, -0.05) is 24.3 Å². The summed E-state index contributed by atoms with van der Waals surface area (Å²) < 4.78 is 10.4. The maximum atomic E-state index is 6.05. The number of ether oxygens (including phenoxy) is 2. The Kier molecular flexibility index (Phi) is 4.86. The van der Waals surface area contributed by atoms with Gasteiger partial charge >= 0.3 is 0 Å². The van der Waals surface area contributed by atoms with Gasteiger partial charge in [0.1, 0.15) is 11.5 Å². The molecular weight excluding hydrogens is 250 g/mol. The van der Waals surface area contributed by atoms with E-state index in [0.717, 1.165) is 16.9 Å². The fraction of sp³-hybridized carbons (Fsp3) is 0.143. The summed E-state index contributed by atoms with van der Waals surface area (Å²) in [7, 11) is 3.26. The predicted molar refractivity (Wildman–Crippen MR) is 76.6 cm³/mol. The van der Waals surface area contributed by atoms with Crippen LogP contribution in [0.5, 0.6) is 11.5 Å². The molecule has 96 valence electrons. The smallest absolute Gasteiger partial charge is 0.142 e. The molecule has 0 spiro atoms. The van der Waals surface area contributed by atoms with E-state index >= 15 is 0 Å². The summed E-state index contributed by atoms with van der Waals surface area (Å²) in [6.45, 7) is 0. The lowest BCUT2D eigenvalue weighted by atomic mass is 10.0. The Morgan fingerprint density at radius 2 is 1.67 bits per heavy atom. The highest BCUT2D eigenvalue weighted by Gasteiger charge is 2.07. The lowest BCUT2D eigenvalue weighted by molar-refractivity contribution is 0.415. The SMILES string of the molecule is COc1cccc(-c2cccc(OC)c2N)c1.Cl. The van der Waals surface area contributed by atoms with Gasteiger partial charge in [0, 0.05) is 5.56 Å². The van der Waals surface area contributed by atoms with Crippen molar-refractivity contribution in [2.75, 3.05) is 20.0 Å². The van der Waals surface area contributed by atoms with Crippen molar-refractivity contribution in [3.05, 3.63) is 42.5 Å². The molecule has 0 radical (unpaired) electrons. The number of hydrogen-bond donors (Lipinski definition) is 1. The molecule has 0 aliphatic rings. The molecule has 0 amide bonds. The lowest BCUT2D eigenvalue weighted by Crippen LogP contribution is -1.95. The maximum Gasteiger partial charge on any atom is 0.142 e. The average molecular weight is 266 g/mol. The summed E-state index contributed by atoms with van der Waals surface area (Å²) in [5.41, 5.74) is 8.66. The van der Waals surface area contributed by atoms with E-state index in [1.54, 1.807) is 14.2 Å². The maximum absolute atomic E-state index is 6.05. The minimum absolute atomic E-state index is 0. The largest absolute Gasteiger partial charge is 0.497 e. The van der Waals surface area contributed by atoms with E-state index in [1.165, 1.54) is 0 Å². The number of rotatable bonds is 3. The van der Waals surface area contributed by atoms with Crippen molar-refractivity contribution in [2.24, 2.45) is 0 Å². The van der Waals surface area contributed by atoms with E-state index < -0.39 is 0 Å². The molecule has 18 heavy (non-hydrogen) atoms. The molecule has 0 saturated carbocycles. The third-order valence-electron chi connectivity index (χ3n) is 2.67. The minimum atomic E-state index is 0. The zero-order chi connectivity index (χ0) is 12.3. The molecule has 0 unspecified atom stereocenters. The van der Waals surface area contributed by atoms with E-state index in [1.807, 2.05) is 42.5 Å². The Bertz CT molecular complexity index is 529. The molecule has 2 rings (SSSR count). The summed E-state index contributed by atoms with van der Waals surface area (Å²) in [6, 6.07) is 13.5. The van der Waals surface area contributed by atoms with Crippen LogP contribution >= 0.6 is 12.4 Å². The van der Waals surface area contributed by atoms with E-state index in [-0.39, 0.29) is 12.4 Å². The number of nitrogens with two attached hydrogens (primary N) is 1. The Balaban J connectivity index is 0.00000162. The van der Waals surface area contributed by atoms with Crippen LogP contribution in [0.3, 0.4) is 0 Å². The monoisotopic (exact) mass is 265 g/mol. The lowest BCUT2D eigenvalue weighted by Gasteiger charge is -2.10. The molecule has 2 aromatic rings. The van der Waals surface area contributed by atoms with E-state index in [9.17, 15) is 0 Å². The van der Waals surface area contributed by atoms with Gasteiger partial charge in [0.2, 0.25) is 0 Å². The van der Waals surface area contributed by atoms with E-state index in [0.29, 0.717) is 11.4 Å². The van der Waals surface area contributed by atoms with Crippen molar-refractivity contribution in [3.63, 3.8) is 0 Å². The minimum Gasteiger partial charge on any atom is -0.497 e. The van der Waals surface area contributed by atoms with Crippen molar-refractivity contribution in [1.29, 1.82) is 0 Å². The van der Waals surface area contributed by atoms with Crippen LogP contribution in [0.15, 0.2) is 42.5 Å². The highest BCUT2D eigenvalue weighted by molar-refractivity contribution is 5.85. The van der Waals surface area contributed by atoms with Gasteiger partial charge in [0.25, 0.3) is 0 Å². The van der Waals surface area contributed by atoms with E-state index in [4.69, 9.17) is 15.2 Å². The summed E-state index contributed by atoms with van der Waals surface area (Å²) in [6.07, 6.45) is 0. The second-order valence-electron chi connectivity index (χ2n) is 3.65. The molecule has 0 heterocycles. The molecule has 0 aliphatic heterocycles. The third kappa shape index (κ3) is 2.68. The topological polar surface area (TPSA) is 44.5 Å². The normalized spacial score (nSPS) is 9.44. The van der Waals surface area contributed by atoms with Crippen LogP contribution in [0.1, 0.15) is 0 Å². The number of nitrogen functional groups attached to an aromatic ring is 1. The Morgan fingerprint density at radius 1 is 0.944 bits per heavy atom. The number of hydrogen-bond acceptors (Lipinski definition) is 3. The predicted octanol–water partition coefficient (Wildman–Crippen LogP) is 3.37. The van der Waals surface area contributed by atoms with Gasteiger partial charge < -0.3 is 15.2 Å². The van der Waals surface area contributed by atoms with Crippen molar-refractivity contribution < 1.29 is 9.47 Å². The number of halogens is 1. The fourth-order valence-electron chi connectivity index (χ4n) is 1.76. The van der Waals surface area contributed by atoms with Gasteiger partial charge in [-0.05, 0) is 23.8 Å². The van der Waals surface area contributed by atoms with Crippen molar-refractivity contribution in [2.45, 2.75) is 0 Å². The Morgan fingerprint density at radius 3 is 2.33 bits per heavy atom. The van der Waals surface area contributed by atoms with Crippen molar-refractivity contribution in [3.8, 4) is 22.6 Å². The first-order valence-electron chi connectivity index (χ1n) is 5.33. The third-order valence-corrected chi connectivity index (χ3v) is 2.67. The van der Waals surface area contributed by atoms with E-state index in [2.05, 4.69) is 0 Å². The van der Waals surface area contributed by atoms with Crippen LogP contribution in [0.2, 0.25) is 0 Å². The standard InChI is InChI=1S/C14H15NO2.ClH/c1-16-11-6-3-5-10(9-11)12-7-4-8-13(17-2)14(12)15;/h3-9H,15H2,1-2H3;1H. The first-order valence-corrected chi connectivity index (χ1v) is 5.33. The molecular formula is C14H16ClNO2. The molecule has 2 aromatic carbocycles. The second-order valence-corrected chi connectivity index (χ2v) is 3.65. The molecule has 0 bridgehead atoms. The first-order chi connectivity index (χ1) is 8.26. The summed E-state index contributed by atoms with van der Waals surface area (Å²) in [5, 5.41) is 0. The fourth-order valence-corrected chi connectivity index (χ4v) is 1.76. The summed E-state index contributed by atoms with van der Waals surface area (Å²) >= 11 is 0. The van der Waals surface area contributed by atoms with Gasteiger partial charge in [0.05, 0.1) is 19.9 Å². The van der Waals surface area contributed by atoms with Gasteiger partial charge in [-0.2, -0.15) is 0 Å². The van der Waals surface area contributed by atoms with Crippen LogP contribution < -0.4 is 15.2 Å². The molecule has 0 aromatic heterocycles. The van der Waals surface area contributed by atoms with Crippen LogP contribution in [-0.4, -0.2) is 14.2 Å². The van der Waals surface area contributed by atoms with Gasteiger partial charge in [-0.25, -0.2) is 0 Å². The summed E-state index contributed by atoms with van der Waals surface area (Å²) in [4.78, 5) is 0. The number of anilines is 1.